The van der Waals surface area contributed by atoms with Crippen LogP contribution in [0.1, 0.15) is 24.1 Å². The molecule has 0 radical (unpaired) electrons. The zero-order valence-electron chi connectivity index (χ0n) is 18.5. The Kier molecular flexibility index (Phi) is 8.13. The molecule has 0 spiro atoms. The molecule has 5 nitrogen and oxygen atoms in total. The van der Waals surface area contributed by atoms with Gasteiger partial charge in [-0.2, -0.15) is 0 Å². The van der Waals surface area contributed by atoms with Gasteiger partial charge in [-0.1, -0.05) is 89.6 Å². The molecule has 0 saturated carbocycles. The minimum Gasteiger partial charge on any atom is -0.484 e. The molecule has 178 valence electrons. The number of carbonyl (C=O) groups is 2. The minimum atomic E-state index is -0.344. The summed E-state index contributed by atoms with van der Waals surface area (Å²) < 4.78 is 6.09. The zero-order valence-corrected chi connectivity index (χ0v) is 21.7. The van der Waals surface area contributed by atoms with E-state index in [4.69, 9.17) is 40.2 Å². The second-order valence-electron chi connectivity index (χ2n) is 7.70. The van der Waals surface area contributed by atoms with Crippen LogP contribution in [0.5, 0.6) is 5.75 Å². The monoisotopic (exact) mass is 542 g/mol. The second-order valence-corrected chi connectivity index (χ2v) is 10.3. The Hall–Kier alpha value is -2.84. The maximum absolute atomic E-state index is 13.0. The van der Waals surface area contributed by atoms with Gasteiger partial charge in [0.1, 0.15) is 10.1 Å². The fourth-order valence-corrected chi connectivity index (χ4v) is 5.42. The van der Waals surface area contributed by atoms with E-state index in [0.717, 1.165) is 11.1 Å². The van der Waals surface area contributed by atoms with Gasteiger partial charge in [0.05, 0.1) is 10.9 Å². The van der Waals surface area contributed by atoms with Crippen molar-refractivity contribution >= 4 is 75.1 Å². The van der Waals surface area contributed by atoms with E-state index in [1.165, 1.54) is 11.8 Å². The molecule has 1 fully saturated rings. The van der Waals surface area contributed by atoms with Gasteiger partial charge in [0, 0.05) is 15.7 Å². The Labute approximate surface area is 223 Å². The standard InChI is InChI=1S/C26H20Cl2N2O3S2/c1-16(18-5-3-2-4-6-18)30-25(32)23(35-26(30)34)11-17-7-9-22(10-8-17)33-15-24(31)29-21-13-19(27)12-20(28)14-21/h2-14,16H,15H2,1H3,(H,29,31)/b23-11-/t16-/m1/s1. The fourth-order valence-electron chi connectivity index (χ4n) is 3.48. The number of hydrogen-bond acceptors (Lipinski definition) is 5. The van der Waals surface area contributed by atoms with Gasteiger partial charge in [-0.15, -0.1) is 0 Å². The molecule has 2 amide bonds. The van der Waals surface area contributed by atoms with Crippen molar-refractivity contribution in [2.75, 3.05) is 11.9 Å². The lowest BCUT2D eigenvalue weighted by Gasteiger charge is -2.23. The van der Waals surface area contributed by atoms with Crippen LogP contribution in [0.25, 0.3) is 6.08 Å². The molecule has 0 aromatic heterocycles. The van der Waals surface area contributed by atoms with Crippen LogP contribution < -0.4 is 10.1 Å². The summed E-state index contributed by atoms with van der Waals surface area (Å²) in [5.74, 6) is 0.0600. The molecule has 4 rings (SSSR count). The summed E-state index contributed by atoms with van der Waals surface area (Å²) in [5.41, 5.74) is 2.34. The SMILES string of the molecule is C[C@H](c1ccccc1)N1C(=O)/C(=C/c2ccc(OCC(=O)Nc3cc(Cl)cc(Cl)c3)cc2)SC1=S. The number of halogens is 2. The summed E-state index contributed by atoms with van der Waals surface area (Å²) in [6.45, 7) is 1.78. The molecule has 35 heavy (non-hydrogen) atoms. The lowest BCUT2D eigenvalue weighted by Crippen LogP contribution is -2.30. The van der Waals surface area contributed by atoms with Crippen LogP contribution >= 0.6 is 47.2 Å². The first-order valence-corrected chi connectivity index (χ1v) is 12.6. The van der Waals surface area contributed by atoms with Gasteiger partial charge in [0.2, 0.25) is 0 Å². The van der Waals surface area contributed by atoms with E-state index >= 15 is 0 Å². The predicted octanol–water partition coefficient (Wildman–Crippen LogP) is 6.97. The maximum Gasteiger partial charge on any atom is 0.266 e. The number of nitrogens with zero attached hydrogens (tertiary/aromatic N) is 1. The van der Waals surface area contributed by atoms with E-state index in [1.54, 1.807) is 41.3 Å². The third-order valence-electron chi connectivity index (χ3n) is 5.19. The number of nitrogens with one attached hydrogen (secondary N) is 1. The van der Waals surface area contributed by atoms with Crippen LogP contribution in [0.2, 0.25) is 10.0 Å². The van der Waals surface area contributed by atoms with E-state index in [9.17, 15) is 9.59 Å². The molecule has 9 heteroatoms. The molecule has 1 aliphatic heterocycles. The number of thiocarbonyl (C=S) groups is 1. The number of anilines is 1. The van der Waals surface area contributed by atoms with Crippen LogP contribution in [0.3, 0.4) is 0 Å². The second kappa shape index (κ2) is 11.3. The number of hydrogen-bond donors (Lipinski definition) is 1. The quantitative estimate of drug-likeness (QED) is 0.258. The Morgan fingerprint density at radius 1 is 1.09 bits per heavy atom. The summed E-state index contributed by atoms with van der Waals surface area (Å²) in [6, 6.07) is 21.5. The van der Waals surface area contributed by atoms with Crippen LogP contribution in [-0.2, 0) is 9.59 Å². The highest BCUT2D eigenvalue weighted by atomic mass is 35.5. The molecule has 3 aromatic rings. The molecule has 1 heterocycles. The molecule has 0 unspecified atom stereocenters. The van der Waals surface area contributed by atoms with Gasteiger partial charge >= 0.3 is 0 Å². The molecule has 1 N–H and O–H groups in total. The van der Waals surface area contributed by atoms with Crippen LogP contribution in [0.15, 0.2) is 77.7 Å². The first kappa shape index (κ1) is 25.3. The summed E-state index contributed by atoms with van der Waals surface area (Å²) in [7, 11) is 0. The van der Waals surface area contributed by atoms with Crippen molar-refractivity contribution in [2.24, 2.45) is 0 Å². The average Bonchev–Trinajstić information content (AvgIpc) is 3.10. The Morgan fingerprint density at radius 3 is 2.40 bits per heavy atom. The highest BCUT2D eigenvalue weighted by Crippen LogP contribution is 2.38. The highest BCUT2D eigenvalue weighted by molar-refractivity contribution is 8.26. The predicted molar refractivity (Wildman–Crippen MR) is 147 cm³/mol. The number of benzene rings is 3. The molecule has 1 aliphatic rings. The lowest BCUT2D eigenvalue weighted by molar-refractivity contribution is -0.123. The molecular weight excluding hydrogens is 523 g/mol. The summed E-state index contributed by atoms with van der Waals surface area (Å²) >= 11 is 18.7. The molecule has 1 saturated heterocycles. The molecular formula is C26H20Cl2N2O3S2. The summed E-state index contributed by atoms with van der Waals surface area (Å²) in [6.07, 6.45) is 1.80. The van der Waals surface area contributed by atoms with Crippen molar-refractivity contribution in [1.29, 1.82) is 0 Å². The van der Waals surface area contributed by atoms with E-state index < -0.39 is 0 Å². The fraction of sp³-hybridized carbons (Fsp3) is 0.115. The highest BCUT2D eigenvalue weighted by Gasteiger charge is 2.35. The topological polar surface area (TPSA) is 58.6 Å². The molecule has 3 aromatic carbocycles. The Morgan fingerprint density at radius 2 is 1.74 bits per heavy atom. The van der Waals surface area contributed by atoms with Crippen molar-refractivity contribution in [3.63, 3.8) is 0 Å². The third-order valence-corrected chi connectivity index (χ3v) is 6.95. The van der Waals surface area contributed by atoms with Crippen molar-refractivity contribution in [3.05, 3.63) is 98.9 Å². The van der Waals surface area contributed by atoms with Gasteiger partial charge in [-0.25, -0.2) is 0 Å². The van der Waals surface area contributed by atoms with Crippen molar-refractivity contribution < 1.29 is 14.3 Å². The molecule has 0 bridgehead atoms. The van der Waals surface area contributed by atoms with Crippen molar-refractivity contribution in [3.8, 4) is 5.75 Å². The van der Waals surface area contributed by atoms with Crippen LogP contribution in [-0.4, -0.2) is 27.6 Å². The van der Waals surface area contributed by atoms with Crippen LogP contribution in [0, 0.1) is 0 Å². The maximum atomic E-state index is 13.0. The lowest BCUT2D eigenvalue weighted by atomic mass is 10.1. The van der Waals surface area contributed by atoms with E-state index in [-0.39, 0.29) is 24.5 Å². The number of ether oxygens (including phenoxy) is 1. The van der Waals surface area contributed by atoms with Gasteiger partial charge in [-0.05, 0) is 54.5 Å². The van der Waals surface area contributed by atoms with E-state index in [0.29, 0.717) is 30.7 Å². The van der Waals surface area contributed by atoms with Gasteiger partial charge in [-0.3, -0.25) is 14.5 Å². The minimum absolute atomic E-state index is 0.116. The van der Waals surface area contributed by atoms with Gasteiger partial charge in [0.25, 0.3) is 11.8 Å². The van der Waals surface area contributed by atoms with Crippen LogP contribution in [0.4, 0.5) is 5.69 Å². The van der Waals surface area contributed by atoms with Crippen molar-refractivity contribution in [2.45, 2.75) is 13.0 Å². The number of thioether (sulfide) groups is 1. The summed E-state index contributed by atoms with van der Waals surface area (Å²) in [4.78, 5) is 27.4. The largest absolute Gasteiger partial charge is 0.484 e. The Bertz CT molecular complexity index is 1280. The first-order chi connectivity index (χ1) is 16.8. The number of amides is 2. The van der Waals surface area contributed by atoms with E-state index in [1.807, 2.05) is 49.4 Å². The molecule has 1 atom stereocenters. The smallest absolute Gasteiger partial charge is 0.266 e. The van der Waals surface area contributed by atoms with E-state index in [2.05, 4.69) is 5.32 Å². The zero-order chi connectivity index (χ0) is 24.9. The first-order valence-electron chi connectivity index (χ1n) is 10.6. The van der Waals surface area contributed by atoms with Crippen molar-refractivity contribution in [1.82, 2.24) is 4.90 Å². The molecule has 0 aliphatic carbocycles. The normalized spacial score (nSPS) is 15.4. The number of rotatable bonds is 7. The van der Waals surface area contributed by atoms with Gasteiger partial charge < -0.3 is 10.1 Å². The van der Waals surface area contributed by atoms with Gasteiger partial charge in [0.15, 0.2) is 6.61 Å². The average molecular weight is 543 g/mol. The Balaban J connectivity index is 1.36. The summed E-state index contributed by atoms with van der Waals surface area (Å²) in [5, 5.41) is 3.54. The number of carbonyl (C=O) groups excluding carboxylic acids is 2. The third kappa shape index (κ3) is 6.44.